The summed E-state index contributed by atoms with van der Waals surface area (Å²) in [5, 5.41) is 10.3. The van der Waals surface area contributed by atoms with Gasteiger partial charge in [0, 0.05) is 5.56 Å². The number of rotatable bonds is 5. The van der Waals surface area contributed by atoms with Crippen molar-refractivity contribution in [2.24, 2.45) is 0 Å². The molecule has 1 nitrogen and oxygen atoms in total. The molecule has 0 aromatic heterocycles. The largest absolute Gasteiger partial charge is 0.384 e. The summed E-state index contributed by atoms with van der Waals surface area (Å²) in [6.07, 6.45) is 2.47. The molecule has 0 spiro atoms. The fraction of sp³-hybridized carbons (Fsp3) is 0.333. The van der Waals surface area contributed by atoms with Gasteiger partial charge in [0.25, 0.3) is 0 Å². The highest BCUT2D eigenvalue weighted by Gasteiger charge is 2.15. The second-order valence-electron chi connectivity index (χ2n) is 5.23. The Hall–Kier alpha value is -1.67. The maximum absolute atomic E-state index is 14.0. The molecule has 0 aliphatic rings. The van der Waals surface area contributed by atoms with Crippen LogP contribution in [0.3, 0.4) is 0 Å². The standard InChI is InChI=1S/C18H21FO/c1-3-4-7-14-9-11-15(12-10-14)18(20)16-8-5-6-13(2)17(16)19/h5-6,8-12,18,20H,3-4,7H2,1-2H3. The molecule has 0 saturated heterocycles. The van der Waals surface area contributed by atoms with Crippen LogP contribution in [0.5, 0.6) is 0 Å². The van der Waals surface area contributed by atoms with Crippen LogP contribution in [0.25, 0.3) is 0 Å². The van der Waals surface area contributed by atoms with Gasteiger partial charge in [0.2, 0.25) is 0 Å². The Balaban J connectivity index is 2.20. The lowest BCUT2D eigenvalue weighted by Crippen LogP contribution is -2.04. The van der Waals surface area contributed by atoms with Crippen molar-refractivity contribution in [1.29, 1.82) is 0 Å². The smallest absolute Gasteiger partial charge is 0.132 e. The highest BCUT2D eigenvalue weighted by atomic mass is 19.1. The highest BCUT2D eigenvalue weighted by Crippen LogP contribution is 2.26. The Morgan fingerprint density at radius 2 is 1.80 bits per heavy atom. The highest BCUT2D eigenvalue weighted by molar-refractivity contribution is 5.35. The minimum absolute atomic E-state index is 0.324. The molecule has 0 bridgehead atoms. The van der Waals surface area contributed by atoms with Crippen LogP contribution < -0.4 is 0 Å². The topological polar surface area (TPSA) is 20.2 Å². The van der Waals surface area contributed by atoms with Crippen molar-refractivity contribution < 1.29 is 9.50 Å². The molecule has 0 amide bonds. The monoisotopic (exact) mass is 272 g/mol. The van der Waals surface area contributed by atoms with Gasteiger partial charge in [-0.05, 0) is 36.5 Å². The Bertz CT molecular complexity index is 560. The third kappa shape index (κ3) is 3.26. The summed E-state index contributed by atoms with van der Waals surface area (Å²) in [5.74, 6) is -0.324. The van der Waals surface area contributed by atoms with Crippen LogP contribution in [0.15, 0.2) is 42.5 Å². The number of unbranched alkanes of at least 4 members (excludes halogenated alkanes) is 1. The molecule has 1 N–H and O–H groups in total. The van der Waals surface area contributed by atoms with E-state index in [4.69, 9.17) is 0 Å². The predicted octanol–water partition coefficient (Wildman–Crippen LogP) is 4.56. The van der Waals surface area contributed by atoms with Crippen molar-refractivity contribution >= 4 is 0 Å². The van der Waals surface area contributed by atoms with E-state index in [1.54, 1.807) is 25.1 Å². The lowest BCUT2D eigenvalue weighted by molar-refractivity contribution is 0.214. The van der Waals surface area contributed by atoms with Crippen molar-refractivity contribution in [3.63, 3.8) is 0 Å². The molecule has 106 valence electrons. The molecule has 1 unspecified atom stereocenters. The van der Waals surface area contributed by atoms with E-state index >= 15 is 0 Å². The van der Waals surface area contributed by atoms with Crippen LogP contribution >= 0.6 is 0 Å². The lowest BCUT2D eigenvalue weighted by Gasteiger charge is -2.14. The van der Waals surface area contributed by atoms with Crippen molar-refractivity contribution in [1.82, 2.24) is 0 Å². The Morgan fingerprint density at radius 1 is 1.10 bits per heavy atom. The van der Waals surface area contributed by atoms with E-state index in [1.165, 1.54) is 12.0 Å². The number of hydrogen-bond acceptors (Lipinski definition) is 1. The minimum Gasteiger partial charge on any atom is -0.384 e. The van der Waals surface area contributed by atoms with E-state index in [0.717, 1.165) is 18.4 Å². The normalized spacial score (nSPS) is 12.4. The van der Waals surface area contributed by atoms with Gasteiger partial charge in [0.1, 0.15) is 11.9 Å². The summed E-state index contributed by atoms with van der Waals surface area (Å²) >= 11 is 0. The van der Waals surface area contributed by atoms with E-state index in [-0.39, 0.29) is 5.82 Å². The first kappa shape index (κ1) is 14.7. The zero-order valence-electron chi connectivity index (χ0n) is 12.1. The Kier molecular flexibility index (Phi) is 4.91. The third-order valence-corrected chi connectivity index (χ3v) is 3.63. The first-order valence-corrected chi connectivity index (χ1v) is 7.15. The molecular formula is C18H21FO. The molecule has 0 aliphatic carbocycles. The average Bonchev–Trinajstić information content (AvgIpc) is 2.48. The fourth-order valence-electron chi connectivity index (χ4n) is 2.31. The number of hydrogen-bond donors (Lipinski definition) is 1. The summed E-state index contributed by atoms with van der Waals surface area (Å²) in [4.78, 5) is 0. The van der Waals surface area contributed by atoms with Crippen LogP contribution in [0, 0.1) is 12.7 Å². The summed E-state index contributed by atoms with van der Waals surface area (Å²) in [6, 6.07) is 12.9. The van der Waals surface area contributed by atoms with Crippen molar-refractivity contribution in [3.05, 3.63) is 70.5 Å². The molecule has 1 atom stereocenters. The van der Waals surface area contributed by atoms with Crippen LogP contribution in [0.4, 0.5) is 4.39 Å². The van der Waals surface area contributed by atoms with Gasteiger partial charge in [0.15, 0.2) is 0 Å². The molecule has 20 heavy (non-hydrogen) atoms. The SMILES string of the molecule is CCCCc1ccc(C(O)c2cccc(C)c2F)cc1. The Morgan fingerprint density at radius 3 is 2.45 bits per heavy atom. The van der Waals surface area contributed by atoms with Crippen molar-refractivity contribution in [2.75, 3.05) is 0 Å². The maximum Gasteiger partial charge on any atom is 0.132 e. The fourth-order valence-corrected chi connectivity index (χ4v) is 2.31. The lowest BCUT2D eigenvalue weighted by atomic mass is 9.97. The molecule has 2 aromatic carbocycles. The second kappa shape index (κ2) is 6.67. The minimum atomic E-state index is -0.907. The summed E-state index contributed by atoms with van der Waals surface area (Å²) < 4.78 is 14.0. The number of halogens is 1. The number of benzene rings is 2. The molecule has 2 aromatic rings. The van der Waals surface area contributed by atoms with E-state index in [0.29, 0.717) is 11.1 Å². The Labute approximate surface area is 120 Å². The van der Waals surface area contributed by atoms with Gasteiger partial charge in [-0.1, -0.05) is 55.8 Å². The quantitative estimate of drug-likeness (QED) is 0.846. The molecule has 0 heterocycles. The van der Waals surface area contributed by atoms with Gasteiger partial charge in [-0.25, -0.2) is 4.39 Å². The van der Waals surface area contributed by atoms with Gasteiger partial charge < -0.3 is 5.11 Å². The molecule has 0 aliphatic heterocycles. The van der Waals surface area contributed by atoms with E-state index in [9.17, 15) is 9.50 Å². The number of aryl methyl sites for hydroxylation is 2. The predicted molar refractivity (Wildman–Crippen MR) is 80.3 cm³/mol. The van der Waals surface area contributed by atoms with Crippen LogP contribution in [0.1, 0.15) is 48.1 Å². The summed E-state index contributed by atoms with van der Waals surface area (Å²) in [5.41, 5.74) is 2.88. The molecule has 0 fully saturated rings. The first-order valence-electron chi connectivity index (χ1n) is 7.15. The van der Waals surface area contributed by atoms with Gasteiger partial charge in [-0.3, -0.25) is 0 Å². The maximum atomic E-state index is 14.0. The molecular weight excluding hydrogens is 251 g/mol. The van der Waals surface area contributed by atoms with E-state index < -0.39 is 6.10 Å². The number of aliphatic hydroxyl groups excluding tert-OH is 1. The van der Waals surface area contributed by atoms with Gasteiger partial charge >= 0.3 is 0 Å². The van der Waals surface area contributed by atoms with Gasteiger partial charge in [-0.2, -0.15) is 0 Å². The molecule has 2 rings (SSSR count). The second-order valence-corrected chi connectivity index (χ2v) is 5.23. The summed E-state index contributed by atoms with van der Waals surface area (Å²) in [6.45, 7) is 3.87. The van der Waals surface area contributed by atoms with Crippen LogP contribution in [0.2, 0.25) is 0 Å². The zero-order valence-corrected chi connectivity index (χ0v) is 12.1. The van der Waals surface area contributed by atoms with Gasteiger partial charge in [-0.15, -0.1) is 0 Å². The van der Waals surface area contributed by atoms with E-state index in [2.05, 4.69) is 6.92 Å². The zero-order chi connectivity index (χ0) is 14.5. The van der Waals surface area contributed by atoms with Crippen molar-refractivity contribution in [3.8, 4) is 0 Å². The van der Waals surface area contributed by atoms with Crippen molar-refractivity contribution in [2.45, 2.75) is 39.2 Å². The summed E-state index contributed by atoms with van der Waals surface area (Å²) in [7, 11) is 0. The van der Waals surface area contributed by atoms with Crippen LogP contribution in [-0.4, -0.2) is 5.11 Å². The number of aliphatic hydroxyl groups is 1. The van der Waals surface area contributed by atoms with Crippen LogP contribution in [-0.2, 0) is 6.42 Å². The molecule has 2 heteroatoms. The average molecular weight is 272 g/mol. The third-order valence-electron chi connectivity index (χ3n) is 3.63. The van der Waals surface area contributed by atoms with E-state index in [1.807, 2.05) is 24.3 Å². The van der Waals surface area contributed by atoms with Gasteiger partial charge in [0.05, 0.1) is 0 Å². The first-order chi connectivity index (χ1) is 9.63. The molecule has 0 saturated carbocycles. The molecule has 0 radical (unpaired) electrons.